The molecule has 0 radical (unpaired) electrons. The normalized spacial score (nSPS) is 14.7. The summed E-state index contributed by atoms with van der Waals surface area (Å²) in [6.07, 6.45) is 0. The number of hydrogen-bond acceptors (Lipinski definition) is 8. The summed E-state index contributed by atoms with van der Waals surface area (Å²) in [5.74, 6) is 0.592. The highest BCUT2D eigenvalue weighted by molar-refractivity contribution is 7.15. The van der Waals surface area contributed by atoms with E-state index in [0.29, 0.717) is 44.8 Å². The number of benzene rings is 3. The number of fused-ring (bicyclic) bond motifs is 2. The van der Waals surface area contributed by atoms with Gasteiger partial charge >= 0.3 is 0 Å². The molecule has 0 unspecified atom stereocenters. The van der Waals surface area contributed by atoms with E-state index in [1.165, 1.54) is 16.2 Å². The van der Waals surface area contributed by atoms with Gasteiger partial charge in [0.1, 0.15) is 17.2 Å². The van der Waals surface area contributed by atoms with Gasteiger partial charge in [-0.15, -0.1) is 10.2 Å². The highest BCUT2D eigenvalue weighted by Gasteiger charge is 2.45. The summed E-state index contributed by atoms with van der Waals surface area (Å²) < 4.78 is 17.7. The van der Waals surface area contributed by atoms with E-state index in [2.05, 4.69) is 10.2 Å². The van der Waals surface area contributed by atoms with E-state index in [-0.39, 0.29) is 16.8 Å². The second-order valence-electron chi connectivity index (χ2n) is 9.04. The lowest BCUT2D eigenvalue weighted by molar-refractivity contribution is 0.0970. The summed E-state index contributed by atoms with van der Waals surface area (Å²) in [6, 6.07) is 19.8. The fourth-order valence-corrected chi connectivity index (χ4v) is 5.41. The summed E-state index contributed by atoms with van der Waals surface area (Å²) in [7, 11) is 1.55. The predicted octanol–water partition coefficient (Wildman–Crippen LogP) is 5.60. The third-order valence-corrected chi connectivity index (χ3v) is 7.33. The number of methoxy groups -OCH3 is 1. The Kier molecular flexibility index (Phi) is 5.92. The molecule has 3 heterocycles. The Balaban J connectivity index is 1.49. The molecule has 1 amide bonds. The minimum absolute atomic E-state index is 0.00702. The van der Waals surface area contributed by atoms with Crippen LogP contribution in [0.25, 0.3) is 11.0 Å². The second-order valence-corrected chi connectivity index (χ2v) is 10.2. The van der Waals surface area contributed by atoms with Crippen LogP contribution < -0.4 is 19.8 Å². The Hall–Kier alpha value is -4.50. The van der Waals surface area contributed by atoms with Crippen LogP contribution in [0.1, 0.15) is 43.9 Å². The maximum atomic E-state index is 13.8. The van der Waals surface area contributed by atoms with Crippen LogP contribution in [0, 0.1) is 13.8 Å². The van der Waals surface area contributed by atoms with E-state index in [4.69, 9.17) is 13.9 Å². The van der Waals surface area contributed by atoms with Crippen molar-refractivity contribution in [3.63, 3.8) is 0 Å². The van der Waals surface area contributed by atoms with Gasteiger partial charge in [-0.3, -0.25) is 14.5 Å². The molecule has 0 spiro atoms. The van der Waals surface area contributed by atoms with Crippen LogP contribution in [-0.2, 0) is 6.61 Å². The standard InChI is InChI=1S/C29H23N3O5S/c1-16-9-11-21-20(13-16)26(33)24-25(32(28(34)27(24)37-21)29-31-30-17(2)38-29)19-10-12-22(23(14-19)35-3)36-15-18-7-5-4-6-8-18/h4-14,25H,15H2,1-3H3/t25-/m1/s1. The minimum atomic E-state index is -0.775. The van der Waals surface area contributed by atoms with Gasteiger partial charge < -0.3 is 13.9 Å². The van der Waals surface area contributed by atoms with Crippen molar-refractivity contribution < 1.29 is 18.7 Å². The molecule has 1 aliphatic rings. The summed E-state index contributed by atoms with van der Waals surface area (Å²) in [5, 5.41) is 9.82. The smallest absolute Gasteiger partial charge is 0.297 e. The SMILES string of the molecule is COc1cc([C@@H]2c3c(oc4ccc(C)cc4c3=O)C(=O)N2c2nnc(C)s2)ccc1OCc1ccccc1. The Morgan fingerprint density at radius 3 is 2.53 bits per heavy atom. The van der Waals surface area contributed by atoms with E-state index in [9.17, 15) is 9.59 Å². The number of aryl methyl sites for hydroxylation is 2. The quantitative estimate of drug-likeness (QED) is 0.285. The molecule has 1 atom stereocenters. The summed E-state index contributed by atoms with van der Waals surface area (Å²) in [4.78, 5) is 29.0. The highest BCUT2D eigenvalue weighted by Crippen LogP contribution is 2.44. The molecule has 6 rings (SSSR count). The van der Waals surface area contributed by atoms with Crippen molar-refractivity contribution in [1.82, 2.24) is 10.2 Å². The molecule has 3 aromatic carbocycles. The van der Waals surface area contributed by atoms with Crippen LogP contribution in [-0.4, -0.2) is 23.2 Å². The second kappa shape index (κ2) is 9.42. The Morgan fingerprint density at radius 2 is 1.79 bits per heavy atom. The van der Waals surface area contributed by atoms with Gasteiger partial charge in [0.05, 0.1) is 24.1 Å². The van der Waals surface area contributed by atoms with Gasteiger partial charge in [0.15, 0.2) is 16.9 Å². The number of amides is 1. The molecule has 0 fully saturated rings. The molecule has 1 aliphatic heterocycles. The first-order chi connectivity index (χ1) is 18.4. The molecule has 0 bridgehead atoms. The van der Waals surface area contributed by atoms with Crippen LogP contribution in [0.15, 0.2) is 75.9 Å². The maximum absolute atomic E-state index is 13.8. The van der Waals surface area contributed by atoms with Crippen molar-refractivity contribution in [3.8, 4) is 11.5 Å². The van der Waals surface area contributed by atoms with E-state index in [0.717, 1.165) is 11.1 Å². The number of anilines is 1. The van der Waals surface area contributed by atoms with Gasteiger partial charge in [-0.2, -0.15) is 0 Å². The van der Waals surface area contributed by atoms with Crippen molar-refractivity contribution in [2.45, 2.75) is 26.5 Å². The van der Waals surface area contributed by atoms with Gasteiger partial charge in [0.2, 0.25) is 10.9 Å². The molecule has 8 nitrogen and oxygen atoms in total. The molecule has 0 saturated carbocycles. The van der Waals surface area contributed by atoms with Gasteiger partial charge in [0.25, 0.3) is 5.91 Å². The van der Waals surface area contributed by atoms with Crippen molar-refractivity contribution >= 4 is 33.3 Å². The largest absolute Gasteiger partial charge is 0.493 e. The first kappa shape index (κ1) is 23.9. The lowest BCUT2D eigenvalue weighted by Crippen LogP contribution is -2.29. The number of carbonyl (C=O) groups is 1. The van der Waals surface area contributed by atoms with Crippen LogP contribution in [0.3, 0.4) is 0 Å². The zero-order valence-corrected chi connectivity index (χ0v) is 21.7. The van der Waals surface area contributed by atoms with Crippen molar-refractivity contribution in [1.29, 1.82) is 0 Å². The Bertz CT molecular complexity index is 1750. The lowest BCUT2D eigenvalue weighted by Gasteiger charge is -2.23. The van der Waals surface area contributed by atoms with Crippen LogP contribution >= 0.6 is 11.3 Å². The fourth-order valence-electron chi connectivity index (χ4n) is 4.69. The average Bonchev–Trinajstić information content (AvgIpc) is 3.49. The van der Waals surface area contributed by atoms with Crippen LogP contribution in [0.2, 0.25) is 0 Å². The molecule has 0 saturated heterocycles. The molecular weight excluding hydrogens is 502 g/mol. The summed E-state index contributed by atoms with van der Waals surface area (Å²) in [6.45, 7) is 4.09. The Labute approximate surface area is 222 Å². The molecule has 0 N–H and O–H groups in total. The minimum Gasteiger partial charge on any atom is -0.493 e. The van der Waals surface area contributed by atoms with E-state index in [1.54, 1.807) is 31.4 Å². The zero-order chi connectivity index (χ0) is 26.4. The molecule has 38 heavy (non-hydrogen) atoms. The molecular formula is C29H23N3O5S. The summed E-state index contributed by atoms with van der Waals surface area (Å²) >= 11 is 1.27. The number of aromatic nitrogens is 2. The Morgan fingerprint density at radius 1 is 0.974 bits per heavy atom. The fraction of sp³-hybridized carbons (Fsp3) is 0.172. The first-order valence-corrected chi connectivity index (χ1v) is 12.8. The monoisotopic (exact) mass is 525 g/mol. The molecule has 0 aliphatic carbocycles. The number of rotatable bonds is 6. The maximum Gasteiger partial charge on any atom is 0.297 e. The molecule has 5 aromatic rings. The molecule has 9 heteroatoms. The number of carbonyl (C=O) groups excluding carboxylic acids is 1. The van der Waals surface area contributed by atoms with E-state index >= 15 is 0 Å². The van der Waals surface area contributed by atoms with Gasteiger partial charge in [0, 0.05) is 0 Å². The molecule has 2 aromatic heterocycles. The van der Waals surface area contributed by atoms with Crippen LogP contribution in [0.4, 0.5) is 5.13 Å². The average molecular weight is 526 g/mol. The number of ether oxygens (including phenoxy) is 2. The van der Waals surface area contributed by atoms with E-state index in [1.807, 2.05) is 56.3 Å². The van der Waals surface area contributed by atoms with Crippen LogP contribution in [0.5, 0.6) is 11.5 Å². The highest BCUT2D eigenvalue weighted by atomic mass is 32.1. The van der Waals surface area contributed by atoms with E-state index < -0.39 is 11.9 Å². The third kappa shape index (κ3) is 4.01. The first-order valence-electron chi connectivity index (χ1n) is 12.0. The summed E-state index contributed by atoms with van der Waals surface area (Å²) in [5.41, 5.74) is 2.98. The third-order valence-electron chi connectivity index (χ3n) is 6.49. The van der Waals surface area contributed by atoms with Gasteiger partial charge in [-0.05, 0) is 49.2 Å². The zero-order valence-electron chi connectivity index (χ0n) is 20.9. The van der Waals surface area contributed by atoms with Crippen molar-refractivity contribution in [3.05, 3.63) is 110 Å². The van der Waals surface area contributed by atoms with Gasteiger partial charge in [-0.25, -0.2) is 0 Å². The topological polar surface area (TPSA) is 94.8 Å². The number of hydrogen-bond donors (Lipinski definition) is 0. The lowest BCUT2D eigenvalue weighted by atomic mass is 9.98. The predicted molar refractivity (Wildman–Crippen MR) is 144 cm³/mol. The van der Waals surface area contributed by atoms with Gasteiger partial charge in [-0.1, -0.05) is 59.4 Å². The van der Waals surface area contributed by atoms with Crippen molar-refractivity contribution in [2.24, 2.45) is 0 Å². The van der Waals surface area contributed by atoms with Crippen molar-refractivity contribution in [2.75, 3.05) is 12.0 Å². The number of nitrogens with zero attached hydrogens (tertiary/aromatic N) is 3. The molecule has 190 valence electrons.